The van der Waals surface area contributed by atoms with E-state index in [0.29, 0.717) is 6.42 Å². The Morgan fingerprint density at radius 2 is 2.00 bits per heavy atom. The van der Waals surface area contributed by atoms with Crippen molar-refractivity contribution in [1.82, 2.24) is 14.8 Å². The first-order chi connectivity index (χ1) is 8.88. The van der Waals surface area contributed by atoms with Crippen LogP contribution in [-0.2, 0) is 13.0 Å². The van der Waals surface area contributed by atoms with Crippen LogP contribution in [-0.4, -0.2) is 14.8 Å². The second kappa shape index (κ2) is 4.61. The van der Waals surface area contributed by atoms with Gasteiger partial charge in [0.25, 0.3) is 0 Å². The van der Waals surface area contributed by atoms with Gasteiger partial charge >= 0.3 is 0 Å². The molecule has 2 heterocycles. The van der Waals surface area contributed by atoms with Crippen molar-refractivity contribution in [2.75, 3.05) is 0 Å². The van der Waals surface area contributed by atoms with E-state index in [4.69, 9.17) is 0 Å². The molecule has 0 unspecified atom stereocenters. The summed E-state index contributed by atoms with van der Waals surface area (Å²) in [6.07, 6.45) is 4.37. The molecule has 89 valence electrons. The Hall–Kier alpha value is -2.16. The molecule has 0 saturated heterocycles. The third kappa shape index (κ3) is 1.88. The molecular formula is C15H14N3. The number of fused-ring (bicyclic) bond motifs is 1. The van der Waals surface area contributed by atoms with Crippen molar-refractivity contribution < 1.29 is 0 Å². The number of rotatable bonds is 3. The van der Waals surface area contributed by atoms with E-state index in [1.54, 1.807) is 6.20 Å². The SMILES string of the molecule is [CH2]Cc1nn(Cc2cccnc2)c2ccccc12. The Morgan fingerprint density at radius 3 is 2.78 bits per heavy atom. The molecule has 2 aromatic heterocycles. The van der Waals surface area contributed by atoms with Gasteiger partial charge in [-0.3, -0.25) is 9.67 Å². The summed E-state index contributed by atoms with van der Waals surface area (Å²) >= 11 is 0. The van der Waals surface area contributed by atoms with Crippen LogP contribution in [0.2, 0.25) is 0 Å². The molecule has 3 heteroatoms. The van der Waals surface area contributed by atoms with Crippen LogP contribution in [0.5, 0.6) is 0 Å². The average Bonchev–Trinajstić information content (AvgIpc) is 2.78. The highest BCUT2D eigenvalue weighted by Crippen LogP contribution is 2.19. The monoisotopic (exact) mass is 236 g/mol. The van der Waals surface area contributed by atoms with Gasteiger partial charge in [0.2, 0.25) is 0 Å². The van der Waals surface area contributed by atoms with Crippen LogP contribution in [0.15, 0.2) is 48.8 Å². The molecule has 0 N–H and O–H groups in total. The van der Waals surface area contributed by atoms with Gasteiger partial charge in [0.05, 0.1) is 17.8 Å². The molecule has 0 aliphatic carbocycles. The lowest BCUT2D eigenvalue weighted by Gasteiger charge is -2.02. The van der Waals surface area contributed by atoms with Crippen molar-refractivity contribution in [1.29, 1.82) is 0 Å². The number of nitrogens with zero attached hydrogens (tertiary/aromatic N) is 3. The summed E-state index contributed by atoms with van der Waals surface area (Å²) in [6, 6.07) is 12.3. The van der Waals surface area contributed by atoms with Gasteiger partial charge < -0.3 is 0 Å². The van der Waals surface area contributed by atoms with E-state index in [-0.39, 0.29) is 0 Å². The number of hydrogen-bond donors (Lipinski definition) is 0. The fourth-order valence-electron chi connectivity index (χ4n) is 2.17. The predicted octanol–water partition coefficient (Wildman–Crippen LogP) is 2.86. The average molecular weight is 236 g/mol. The zero-order chi connectivity index (χ0) is 12.4. The Kier molecular flexibility index (Phi) is 2.81. The fraction of sp³-hybridized carbons (Fsp3) is 0.133. The van der Waals surface area contributed by atoms with Crippen LogP contribution < -0.4 is 0 Å². The number of para-hydroxylation sites is 1. The normalized spacial score (nSPS) is 10.9. The van der Waals surface area contributed by atoms with Gasteiger partial charge in [-0.15, -0.1) is 0 Å². The molecule has 1 radical (unpaired) electrons. The van der Waals surface area contributed by atoms with Crippen LogP contribution >= 0.6 is 0 Å². The summed E-state index contributed by atoms with van der Waals surface area (Å²) in [4.78, 5) is 4.13. The molecule has 0 fully saturated rings. The minimum Gasteiger partial charge on any atom is -0.264 e. The van der Waals surface area contributed by atoms with E-state index >= 15 is 0 Å². The molecule has 3 nitrogen and oxygen atoms in total. The lowest BCUT2D eigenvalue weighted by Crippen LogP contribution is -2.02. The third-order valence-corrected chi connectivity index (χ3v) is 3.03. The van der Waals surface area contributed by atoms with Crippen molar-refractivity contribution in [3.63, 3.8) is 0 Å². The van der Waals surface area contributed by atoms with Crippen molar-refractivity contribution in [2.24, 2.45) is 0 Å². The first kappa shape index (κ1) is 11.0. The zero-order valence-electron chi connectivity index (χ0n) is 10.1. The fourth-order valence-corrected chi connectivity index (χ4v) is 2.17. The lowest BCUT2D eigenvalue weighted by molar-refractivity contribution is 0.697. The number of hydrogen-bond acceptors (Lipinski definition) is 2. The summed E-state index contributed by atoms with van der Waals surface area (Å²) in [5.41, 5.74) is 3.36. The minimum absolute atomic E-state index is 0.709. The lowest BCUT2D eigenvalue weighted by atomic mass is 10.2. The van der Waals surface area contributed by atoms with Gasteiger partial charge in [-0.05, 0) is 31.0 Å². The zero-order valence-corrected chi connectivity index (χ0v) is 10.1. The molecule has 0 bridgehead atoms. The van der Waals surface area contributed by atoms with Crippen LogP contribution in [0, 0.1) is 6.92 Å². The maximum atomic E-state index is 4.63. The van der Waals surface area contributed by atoms with Crippen molar-refractivity contribution in [2.45, 2.75) is 13.0 Å². The second-order valence-electron chi connectivity index (χ2n) is 4.23. The number of aromatic nitrogens is 3. The molecule has 0 spiro atoms. The molecule has 0 aliphatic heterocycles. The van der Waals surface area contributed by atoms with Gasteiger partial charge in [0, 0.05) is 17.8 Å². The summed E-state index contributed by atoms with van der Waals surface area (Å²) in [6.45, 7) is 4.68. The Labute approximate surface area is 106 Å². The quantitative estimate of drug-likeness (QED) is 0.700. The van der Waals surface area contributed by atoms with Crippen molar-refractivity contribution in [3.05, 3.63) is 67.0 Å². The standard InChI is InChI=1S/C15H14N3/c1-2-14-13-7-3-4-8-15(13)18(17-14)11-12-6-5-9-16-10-12/h3-10H,1-2,11H2. The molecule has 3 aromatic rings. The van der Waals surface area contributed by atoms with Crippen LogP contribution in [0.4, 0.5) is 0 Å². The molecule has 0 saturated carbocycles. The first-order valence-electron chi connectivity index (χ1n) is 6.01. The van der Waals surface area contributed by atoms with E-state index in [2.05, 4.69) is 35.2 Å². The number of benzene rings is 1. The van der Waals surface area contributed by atoms with E-state index < -0.39 is 0 Å². The van der Waals surface area contributed by atoms with Gasteiger partial charge in [-0.25, -0.2) is 0 Å². The Morgan fingerprint density at radius 1 is 1.11 bits per heavy atom. The minimum atomic E-state index is 0.709. The molecule has 18 heavy (non-hydrogen) atoms. The largest absolute Gasteiger partial charge is 0.264 e. The maximum Gasteiger partial charge on any atom is 0.0703 e. The van der Waals surface area contributed by atoms with Gasteiger partial charge in [0.1, 0.15) is 0 Å². The smallest absolute Gasteiger partial charge is 0.0703 e. The maximum absolute atomic E-state index is 4.63. The first-order valence-corrected chi connectivity index (χ1v) is 6.01. The molecule has 3 rings (SSSR count). The molecular weight excluding hydrogens is 222 g/mol. The highest BCUT2D eigenvalue weighted by molar-refractivity contribution is 5.82. The number of pyridine rings is 1. The molecule has 0 atom stereocenters. The Balaban J connectivity index is 2.07. The van der Waals surface area contributed by atoms with Crippen LogP contribution in [0.3, 0.4) is 0 Å². The highest BCUT2D eigenvalue weighted by Gasteiger charge is 2.08. The molecule has 0 aliphatic rings. The predicted molar refractivity (Wildman–Crippen MR) is 72.1 cm³/mol. The van der Waals surface area contributed by atoms with E-state index in [9.17, 15) is 0 Å². The Bertz CT molecular complexity index is 656. The molecule has 0 amide bonds. The summed E-state index contributed by atoms with van der Waals surface area (Å²) in [7, 11) is 0. The second-order valence-corrected chi connectivity index (χ2v) is 4.23. The summed E-state index contributed by atoms with van der Waals surface area (Å²) in [5.74, 6) is 0. The van der Waals surface area contributed by atoms with Crippen LogP contribution in [0.1, 0.15) is 11.3 Å². The van der Waals surface area contributed by atoms with Crippen LogP contribution in [0.25, 0.3) is 10.9 Å². The van der Waals surface area contributed by atoms with Gasteiger partial charge in [0.15, 0.2) is 0 Å². The molecule has 1 aromatic carbocycles. The highest BCUT2D eigenvalue weighted by atomic mass is 15.3. The summed E-state index contributed by atoms with van der Waals surface area (Å²) in [5, 5.41) is 5.82. The van der Waals surface area contributed by atoms with E-state index in [1.165, 1.54) is 5.39 Å². The van der Waals surface area contributed by atoms with Gasteiger partial charge in [-0.1, -0.05) is 24.3 Å². The van der Waals surface area contributed by atoms with Gasteiger partial charge in [-0.2, -0.15) is 5.10 Å². The van der Waals surface area contributed by atoms with E-state index in [0.717, 1.165) is 23.3 Å². The van der Waals surface area contributed by atoms with Crippen molar-refractivity contribution in [3.8, 4) is 0 Å². The summed E-state index contributed by atoms with van der Waals surface area (Å²) < 4.78 is 2.02. The van der Waals surface area contributed by atoms with Crippen molar-refractivity contribution >= 4 is 10.9 Å². The third-order valence-electron chi connectivity index (χ3n) is 3.03. The topological polar surface area (TPSA) is 30.7 Å². The van der Waals surface area contributed by atoms with E-state index in [1.807, 2.05) is 29.1 Å².